The number of amides is 2. The quantitative estimate of drug-likeness (QED) is 0.882. The van der Waals surface area contributed by atoms with Crippen LogP contribution in [0.25, 0.3) is 0 Å². The third-order valence-corrected chi connectivity index (χ3v) is 5.56. The van der Waals surface area contributed by atoms with E-state index in [2.05, 4.69) is 0 Å². The number of hydrogen-bond donors (Lipinski definition) is 1. The lowest BCUT2D eigenvalue weighted by atomic mass is 9.94. The molecule has 1 aromatic rings. The van der Waals surface area contributed by atoms with Gasteiger partial charge in [0.15, 0.2) is 0 Å². The SMILES string of the molecule is CCc1ccc(O)c(C(=O)N2CCC(C(=O)N3C[C@@H](C)O[C@H](C)C3)CC2)c1. The molecule has 148 valence electrons. The number of nitrogens with zero attached hydrogens (tertiary/aromatic N) is 2. The third kappa shape index (κ3) is 4.43. The summed E-state index contributed by atoms with van der Waals surface area (Å²) in [4.78, 5) is 29.3. The van der Waals surface area contributed by atoms with E-state index in [0.717, 1.165) is 12.0 Å². The fourth-order valence-corrected chi connectivity index (χ4v) is 4.09. The Morgan fingerprint density at radius 3 is 2.33 bits per heavy atom. The van der Waals surface area contributed by atoms with Gasteiger partial charge in [-0.05, 0) is 50.8 Å². The van der Waals surface area contributed by atoms with E-state index in [0.29, 0.717) is 44.6 Å². The van der Waals surface area contributed by atoms with Gasteiger partial charge in [0.1, 0.15) is 5.75 Å². The number of piperidine rings is 1. The Balaban J connectivity index is 1.60. The first-order valence-electron chi connectivity index (χ1n) is 9.94. The molecule has 0 saturated carbocycles. The largest absolute Gasteiger partial charge is 0.507 e. The van der Waals surface area contributed by atoms with E-state index in [-0.39, 0.29) is 35.7 Å². The average Bonchev–Trinajstić information content (AvgIpc) is 2.66. The summed E-state index contributed by atoms with van der Waals surface area (Å²) < 4.78 is 5.71. The molecule has 0 bridgehead atoms. The monoisotopic (exact) mass is 374 g/mol. The molecule has 27 heavy (non-hydrogen) atoms. The van der Waals surface area contributed by atoms with E-state index in [4.69, 9.17) is 4.74 Å². The van der Waals surface area contributed by atoms with Crippen molar-refractivity contribution in [3.8, 4) is 5.75 Å². The molecule has 6 heteroatoms. The molecule has 2 heterocycles. The van der Waals surface area contributed by atoms with Crippen LogP contribution in [0.4, 0.5) is 0 Å². The van der Waals surface area contributed by atoms with Crippen LogP contribution < -0.4 is 0 Å². The summed E-state index contributed by atoms with van der Waals surface area (Å²) in [6.07, 6.45) is 2.27. The number of carbonyl (C=O) groups is 2. The van der Waals surface area contributed by atoms with Gasteiger partial charge < -0.3 is 19.6 Å². The van der Waals surface area contributed by atoms with Crippen LogP contribution in [-0.4, -0.2) is 65.1 Å². The molecule has 0 unspecified atom stereocenters. The zero-order valence-corrected chi connectivity index (χ0v) is 16.5. The summed E-state index contributed by atoms with van der Waals surface area (Å²) in [6.45, 7) is 8.37. The maximum atomic E-state index is 12.9. The molecule has 1 aromatic carbocycles. The highest BCUT2D eigenvalue weighted by Crippen LogP contribution is 2.26. The second-order valence-corrected chi connectivity index (χ2v) is 7.77. The number of ether oxygens (including phenoxy) is 1. The molecular weight excluding hydrogens is 344 g/mol. The predicted octanol–water partition coefficient (Wildman–Crippen LogP) is 2.44. The summed E-state index contributed by atoms with van der Waals surface area (Å²) in [5, 5.41) is 10.1. The van der Waals surface area contributed by atoms with E-state index in [1.807, 2.05) is 31.7 Å². The van der Waals surface area contributed by atoms with Crippen molar-refractivity contribution in [3.05, 3.63) is 29.3 Å². The van der Waals surface area contributed by atoms with Crippen molar-refractivity contribution in [3.63, 3.8) is 0 Å². The molecule has 6 nitrogen and oxygen atoms in total. The first-order chi connectivity index (χ1) is 12.9. The van der Waals surface area contributed by atoms with Crippen molar-refractivity contribution < 1.29 is 19.4 Å². The summed E-state index contributed by atoms with van der Waals surface area (Å²) >= 11 is 0. The Kier molecular flexibility index (Phi) is 6.05. The fourth-order valence-electron chi connectivity index (χ4n) is 4.09. The zero-order chi connectivity index (χ0) is 19.6. The zero-order valence-electron chi connectivity index (χ0n) is 16.5. The number of morpholine rings is 1. The highest BCUT2D eigenvalue weighted by molar-refractivity contribution is 5.97. The summed E-state index contributed by atoms with van der Waals surface area (Å²) in [7, 11) is 0. The second-order valence-electron chi connectivity index (χ2n) is 7.77. The average molecular weight is 374 g/mol. The van der Waals surface area contributed by atoms with Crippen LogP contribution in [0, 0.1) is 5.92 Å². The number of rotatable bonds is 3. The summed E-state index contributed by atoms with van der Waals surface area (Å²) in [5.74, 6) is 0.0102. The lowest BCUT2D eigenvalue weighted by molar-refractivity contribution is -0.148. The van der Waals surface area contributed by atoms with Gasteiger partial charge in [-0.3, -0.25) is 9.59 Å². The van der Waals surface area contributed by atoms with Crippen molar-refractivity contribution in [1.29, 1.82) is 0 Å². The number of carbonyl (C=O) groups excluding carboxylic acids is 2. The number of hydrogen-bond acceptors (Lipinski definition) is 4. The normalized spacial score (nSPS) is 24.1. The number of benzene rings is 1. The first kappa shape index (κ1) is 19.7. The van der Waals surface area contributed by atoms with E-state index in [9.17, 15) is 14.7 Å². The molecule has 1 N–H and O–H groups in total. The molecule has 0 spiro atoms. The highest BCUT2D eigenvalue weighted by Gasteiger charge is 2.34. The van der Waals surface area contributed by atoms with Crippen molar-refractivity contribution in [2.45, 2.75) is 52.2 Å². The van der Waals surface area contributed by atoms with Gasteiger partial charge in [0.25, 0.3) is 5.91 Å². The molecule has 0 radical (unpaired) electrons. The fraction of sp³-hybridized carbons (Fsp3) is 0.619. The van der Waals surface area contributed by atoms with Crippen LogP contribution in [0.5, 0.6) is 5.75 Å². The third-order valence-electron chi connectivity index (χ3n) is 5.56. The van der Waals surface area contributed by atoms with E-state index in [1.54, 1.807) is 17.0 Å². The molecule has 2 saturated heterocycles. The van der Waals surface area contributed by atoms with Crippen LogP contribution in [-0.2, 0) is 16.0 Å². The molecule has 2 fully saturated rings. The first-order valence-corrected chi connectivity index (χ1v) is 9.94. The van der Waals surface area contributed by atoms with E-state index >= 15 is 0 Å². The van der Waals surface area contributed by atoms with Crippen molar-refractivity contribution in [2.75, 3.05) is 26.2 Å². The van der Waals surface area contributed by atoms with Gasteiger partial charge in [0, 0.05) is 32.1 Å². The second kappa shape index (κ2) is 8.30. The van der Waals surface area contributed by atoms with E-state index in [1.165, 1.54) is 0 Å². The van der Waals surface area contributed by atoms with E-state index < -0.39 is 0 Å². The summed E-state index contributed by atoms with van der Waals surface area (Å²) in [6, 6.07) is 5.19. The van der Waals surface area contributed by atoms with Crippen LogP contribution in [0.1, 0.15) is 49.5 Å². The molecule has 3 rings (SSSR count). The minimum atomic E-state index is -0.151. The number of phenols is 1. The number of phenolic OH excluding ortho intramolecular Hbond substituents is 1. The van der Waals surface area contributed by atoms with Gasteiger partial charge in [0.2, 0.25) is 5.91 Å². The van der Waals surface area contributed by atoms with Crippen molar-refractivity contribution >= 4 is 11.8 Å². The Morgan fingerprint density at radius 2 is 1.74 bits per heavy atom. The van der Waals surface area contributed by atoms with Crippen LogP contribution in [0.2, 0.25) is 0 Å². The number of likely N-dealkylation sites (tertiary alicyclic amines) is 1. The highest BCUT2D eigenvalue weighted by atomic mass is 16.5. The van der Waals surface area contributed by atoms with Gasteiger partial charge in [-0.15, -0.1) is 0 Å². The maximum absolute atomic E-state index is 12.9. The van der Waals surface area contributed by atoms with Gasteiger partial charge in [-0.25, -0.2) is 0 Å². The van der Waals surface area contributed by atoms with Crippen LogP contribution in [0.3, 0.4) is 0 Å². The Bertz CT molecular complexity index is 687. The van der Waals surface area contributed by atoms with Crippen molar-refractivity contribution in [1.82, 2.24) is 9.80 Å². The standard InChI is InChI=1S/C21H30N2O4/c1-4-16-5-6-19(24)18(11-16)21(26)22-9-7-17(8-10-22)20(25)23-12-14(2)27-15(3)13-23/h5-6,11,14-15,17,24H,4,7-10,12-13H2,1-3H3/t14-,15-/m1/s1. The molecule has 0 aliphatic carbocycles. The number of aryl methyl sites for hydroxylation is 1. The van der Waals surface area contributed by atoms with Gasteiger partial charge in [0.05, 0.1) is 17.8 Å². The number of aromatic hydroxyl groups is 1. The molecule has 2 aliphatic rings. The van der Waals surface area contributed by atoms with Crippen LogP contribution in [0.15, 0.2) is 18.2 Å². The van der Waals surface area contributed by atoms with Gasteiger partial charge in [-0.2, -0.15) is 0 Å². The minimum absolute atomic E-state index is 0.0201. The topological polar surface area (TPSA) is 70.1 Å². The Hall–Kier alpha value is -2.08. The molecule has 0 aromatic heterocycles. The predicted molar refractivity (Wildman–Crippen MR) is 103 cm³/mol. The Morgan fingerprint density at radius 1 is 1.11 bits per heavy atom. The van der Waals surface area contributed by atoms with Crippen LogP contribution >= 0.6 is 0 Å². The minimum Gasteiger partial charge on any atom is -0.507 e. The summed E-state index contributed by atoms with van der Waals surface area (Å²) in [5.41, 5.74) is 1.38. The Labute approximate surface area is 161 Å². The lowest BCUT2D eigenvalue weighted by Gasteiger charge is -2.39. The maximum Gasteiger partial charge on any atom is 0.257 e. The smallest absolute Gasteiger partial charge is 0.257 e. The molecule has 2 atom stereocenters. The van der Waals surface area contributed by atoms with Gasteiger partial charge in [-0.1, -0.05) is 13.0 Å². The molecule has 2 amide bonds. The lowest BCUT2D eigenvalue weighted by Crippen LogP contribution is -2.51. The van der Waals surface area contributed by atoms with Crippen molar-refractivity contribution in [2.24, 2.45) is 5.92 Å². The molecule has 2 aliphatic heterocycles. The molecular formula is C21H30N2O4. The van der Waals surface area contributed by atoms with Gasteiger partial charge >= 0.3 is 0 Å².